The number of aliphatic carboxylic acids is 1. The molecule has 224 valence electrons. The van der Waals surface area contributed by atoms with E-state index in [0.29, 0.717) is 51.7 Å². The lowest BCUT2D eigenvalue weighted by Crippen LogP contribution is -2.27. The van der Waals surface area contributed by atoms with E-state index in [2.05, 4.69) is 0 Å². The van der Waals surface area contributed by atoms with Gasteiger partial charge >= 0.3 is 0 Å². The number of rotatable bonds is 12. The monoisotopic (exact) mass is 592 g/mol. The minimum absolute atomic E-state index is 0.544. The van der Waals surface area contributed by atoms with E-state index in [-0.39, 0.29) is 0 Å². The molecule has 0 aromatic heterocycles. The molecule has 0 unspecified atom stereocenters. The number of carboxylic acid groups (broad SMARTS) is 1. The van der Waals surface area contributed by atoms with Crippen LogP contribution in [0.3, 0.4) is 0 Å². The number of carbonyl (C=O) groups is 1. The molecule has 0 heterocycles. The standard InChI is InChI=1S/C27H33O9P.C2H4O2/c1-28-16-10-19(31-4)25(20(11-16)32-5)37(26-21(33-6)12-17(29-2)13-22(26)34-7)27-23(35-8)14-18(30-3)15-24(27)36-9;1-2(3)4/h10-15H,1-9H3;1H3,(H,3,4). The summed E-state index contributed by atoms with van der Waals surface area (Å²) in [5, 5.41) is 9.64. The van der Waals surface area contributed by atoms with E-state index in [4.69, 9.17) is 52.5 Å². The maximum atomic E-state index is 9.00. The zero-order valence-electron chi connectivity index (χ0n) is 24.9. The van der Waals surface area contributed by atoms with Crippen LogP contribution in [0.25, 0.3) is 0 Å². The molecule has 0 saturated carbocycles. The van der Waals surface area contributed by atoms with Crippen molar-refractivity contribution in [3.63, 3.8) is 0 Å². The Hall–Kier alpha value is -4.24. The highest BCUT2D eigenvalue weighted by molar-refractivity contribution is 7.81. The Balaban J connectivity index is 0.00000138. The first-order chi connectivity index (χ1) is 19.7. The summed E-state index contributed by atoms with van der Waals surface area (Å²) >= 11 is 0. The third-order valence-corrected chi connectivity index (χ3v) is 8.40. The van der Waals surface area contributed by atoms with Crippen molar-refractivity contribution in [3.8, 4) is 51.7 Å². The summed E-state index contributed by atoms with van der Waals surface area (Å²) in [6.07, 6.45) is 0. The second-order valence-electron chi connectivity index (χ2n) is 8.00. The highest BCUT2D eigenvalue weighted by atomic mass is 31.1. The average molecular weight is 593 g/mol. The zero-order valence-corrected chi connectivity index (χ0v) is 25.8. The van der Waals surface area contributed by atoms with Gasteiger partial charge in [-0.25, -0.2) is 0 Å². The van der Waals surface area contributed by atoms with Gasteiger partial charge in [0.25, 0.3) is 5.97 Å². The Bertz CT molecular complexity index is 1100. The van der Waals surface area contributed by atoms with Gasteiger partial charge in [-0.05, 0) is 0 Å². The number of benzene rings is 3. The number of hydrogen-bond acceptors (Lipinski definition) is 10. The van der Waals surface area contributed by atoms with Crippen molar-refractivity contribution in [2.24, 2.45) is 0 Å². The van der Waals surface area contributed by atoms with Crippen molar-refractivity contribution >= 4 is 29.8 Å². The first-order valence-electron chi connectivity index (χ1n) is 12.1. The lowest BCUT2D eigenvalue weighted by Gasteiger charge is -2.29. The first-order valence-corrected chi connectivity index (χ1v) is 13.4. The predicted octanol–water partition coefficient (Wildman–Crippen LogP) is 3.61. The molecule has 1 N–H and O–H groups in total. The number of ether oxygens (including phenoxy) is 9. The van der Waals surface area contributed by atoms with Gasteiger partial charge in [0, 0.05) is 51.2 Å². The van der Waals surface area contributed by atoms with E-state index in [9.17, 15) is 0 Å². The van der Waals surface area contributed by atoms with Crippen LogP contribution in [0.15, 0.2) is 36.4 Å². The van der Waals surface area contributed by atoms with Crippen LogP contribution < -0.4 is 58.5 Å². The average Bonchev–Trinajstić information content (AvgIpc) is 2.99. The van der Waals surface area contributed by atoms with E-state index < -0.39 is 13.9 Å². The minimum atomic E-state index is -1.57. The van der Waals surface area contributed by atoms with Crippen molar-refractivity contribution in [3.05, 3.63) is 36.4 Å². The SMILES string of the molecule is CC(=O)O.COc1cc(OC)c(P(c2c(OC)cc(OC)cc2OC)c2c(OC)cc(OC)cc2OC)c(OC)c1. The molecule has 3 aromatic carbocycles. The summed E-state index contributed by atoms with van der Waals surface area (Å²) in [6.45, 7) is 1.08. The third-order valence-electron chi connectivity index (χ3n) is 5.74. The van der Waals surface area contributed by atoms with Crippen LogP contribution >= 0.6 is 7.92 Å². The first kappa shape index (κ1) is 33.0. The minimum Gasteiger partial charge on any atom is -0.496 e. The molecule has 0 saturated heterocycles. The lowest BCUT2D eigenvalue weighted by atomic mass is 10.3. The van der Waals surface area contributed by atoms with Crippen molar-refractivity contribution < 1.29 is 52.5 Å². The number of carboxylic acids is 1. The molecular weight excluding hydrogens is 555 g/mol. The molecule has 0 atom stereocenters. The van der Waals surface area contributed by atoms with Gasteiger partial charge in [-0.15, -0.1) is 0 Å². The Labute approximate surface area is 241 Å². The Kier molecular flexibility index (Phi) is 12.5. The van der Waals surface area contributed by atoms with Crippen molar-refractivity contribution in [1.82, 2.24) is 0 Å². The van der Waals surface area contributed by atoms with Crippen molar-refractivity contribution in [2.45, 2.75) is 6.92 Å². The van der Waals surface area contributed by atoms with Crippen LogP contribution in [0.5, 0.6) is 51.7 Å². The largest absolute Gasteiger partial charge is 0.496 e. The summed E-state index contributed by atoms with van der Waals surface area (Å²) in [5.41, 5.74) is 0. The molecule has 3 rings (SSSR count). The second kappa shape index (κ2) is 15.5. The molecule has 0 aliphatic heterocycles. The molecule has 0 aliphatic carbocycles. The number of methoxy groups -OCH3 is 9. The molecule has 41 heavy (non-hydrogen) atoms. The van der Waals surface area contributed by atoms with Crippen LogP contribution in [0.4, 0.5) is 0 Å². The molecule has 0 amide bonds. The van der Waals surface area contributed by atoms with E-state index in [0.717, 1.165) is 22.8 Å². The third kappa shape index (κ3) is 7.49. The van der Waals surface area contributed by atoms with Crippen molar-refractivity contribution in [1.29, 1.82) is 0 Å². The quantitative estimate of drug-likeness (QED) is 0.311. The van der Waals surface area contributed by atoms with Crippen LogP contribution in [-0.4, -0.2) is 75.1 Å². The smallest absolute Gasteiger partial charge is 0.300 e. The summed E-state index contributed by atoms with van der Waals surface area (Å²) in [7, 11) is 12.7. The van der Waals surface area contributed by atoms with Gasteiger partial charge in [0.05, 0.1) is 79.9 Å². The van der Waals surface area contributed by atoms with E-state index >= 15 is 0 Å². The van der Waals surface area contributed by atoms with Gasteiger partial charge in [-0.3, -0.25) is 4.79 Å². The Morgan fingerprint density at radius 2 is 0.634 bits per heavy atom. The Morgan fingerprint density at radius 3 is 0.756 bits per heavy atom. The van der Waals surface area contributed by atoms with E-state index in [1.165, 1.54) is 0 Å². The van der Waals surface area contributed by atoms with Crippen LogP contribution in [-0.2, 0) is 4.79 Å². The molecule has 0 spiro atoms. The van der Waals surface area contributed by atoms with E-state index in [1.54, 1.807) is 100 Å². The zero-order chi connectivity index (χ0) is 30.7. The molecule has 0 radical (unpaired) electrons. The maximum absolute atomic E-state index is 9.00. The summed E-state index contributed by atoms with van der Waals surface area (Å²) in [5.74, 6) is 4.16. The topological polar surface area (TPSA) is 120 Å². The summed E-state index contributed by atoms with van der Waals surface area (Å²) in [4.78, 5) is 9.00. The summed E-state index contributed by atoms with van der Waals surface area (Å²) in [6, 6.07) is 10.8. The van der Waals surface area contributed by atoms with Gasteiger partial charge in [0.15, 0.2) is 0 Å². The fourth-order valence-electron chi connectivity index (χ4n) is 3.96. The van der Waals surface area contributed by atoms with E-state index in [1.807, 2.05) is 0 Å². The van der Waals surface area contributed by atoms with Gasteiger partial charge in [0.1, 0.15) is 51.7 Å². The highest BCUT2D eigenvalue weighted by Gasteiger charge is 2.36. The van der Waals surface area contributed by atoms with Gasteiger partial charge < -0.3 is 47.7 Å². The summed E-state index contributed by atoms with van der Waals surface area (Å²) < 4.78 is 51.8. The Morgan fingerprint density at radius 1 is 0.463 bits per heavy atom. The van der Waals surface area contributed by atoms with Crippen molar-refractivity contribution in [2.75, 3.05) is 64.0 Å². The van der Waals surface area contributed by atoms with Crippen LogP contribution in [0.2, 0.25) is 0 Å². The fourth-order valence-corrected chi connectivity index (χ4v) is 6.89. The molecule has 11 nitrogen and oxygen atoms in total. The highest BCUT2D eigenvalue weighted by Crippen LogP contribution is 2.51. The van der Waals surface area contributed by atoms with Gasteiger partial charge in [0.2, 0.25) is 0 Å². The predicted molar refractivity (Wildman–Crippen MR) is 157 cm³/mol. The lowest BCUT2D eigenvalue weighted by molar-refractivity contribution is -0.134. The molecule has 3 aromatic rings. The second-order valence-corrected chi connectivity index (χ2v) is 10.0. The molecule has 0 bridgehead atoms. The van der Waals surface area contributed by atoms with Gasteiger partial charge in [-0.1, -0.05) is 0 Å². The fraction of sp³-hybridized carbons (Fsp3) is 0.345. The number of hydrogen-bond donors (Lipinski definition) is 1. The molecular formula is C29H37O11P. The molecule has 12 heteroatoms. The molecule has 0 fully saturated rings. The van der Waals surface area contributed by atoms with Crippen LogP contribution in [0.1, 0.15) is 6.92 Å². The normalized spacial score (nSPS) is 10.1. The van der Waals surface area contributed by atoms with Crippen LogP contribution in [0, 0.1) is 0 Å². The van der Waals surface area contributed by atoms with Gasteiger partial charge in [-0.2, -0.15) is 0 Å². The maximum Gasteiger partial charge on any atom is 0.300 e. The molecule has 0 aliphatic rings.